The maximum Gasteiger partial charge on any atom is 0.234 e. The average molecular weight is 165 g/mol. The Balaban J connectivity index is 2.55. The lowest BCUT2D eigenvalue weighted by Gasteiger charge is -2.00. The van der Waals surface area contributed by atoms with E-state index < -0.39 is 0 Å². The summed E-state index contributed by atoms with van der Waals surface area (Å²) >= 11 is 0. The van der Waals surface area contributed by atoms with Gasteiger partial charge in [-0.25, -0.2) is 14.8 Å². The molecule has 0 aromatic carbocycles. The highest BCUT2D eigenvalue weighted by Crippen LogP contribution is 1.97. The van der Waals surface area contributed by atoms with Crippen molar-refractivity contribution in [3.8, 4) is 0 Å². The summed E-state index contributed by atoms with van der Waals surface area (Å²) in [5.74, 6) is 0.969. The standard InChI is InChI=1S/C8H11N3O/c1-2-11-6-5-10-8(11)3-4-9-7-12/h5-6H,2-4H2,1H3. The predicted molar refractivity (Wildman–Crippen MR) is 44.6 cm³/mol. The van der Waals surface area contributed by atoms with Gasteiger partial charge < -0.3 is 4.57 Å². The molecule has 1 aromatic heterocycles. The van der Waals surface area contributed by atoms with E-state index in [2.05, 4.69) is 9.98 Å². The molecule has 0 unspecified atom stereocenters. The summed E-state index contributed by atoms with van der Waals surface area (Å²) < 4.78 is 2.03. The van der Waals surface area contributed by atoms with Gasteiger partial charge in [0.1, 0.15) is 5.82 Å². The minimum absolute atomic E-state index is 0.473. The summed E-state index contributed by atoms with van der Waals surface area (Å²) in [7, 11) is 0. The third-order valence-corrected chi connectivity index (χ3v) is 1.65. The van der Waals surface area contributed by atoms with Gasteiger partial charge in [0.15, 0.2) is 0 Å². The first-order valence-corrected chi connectivity index (χ1v) is 3.92. The molecule has 0 N–H and O–H groups in total. The second-order valence-corrected chi connectivity index (χ2v) is 2.35. The quantitative estimate of drug-likeness (QED) is 0.489. The first-order valence-electron chi connectivity index (χ1n) is 3.92. The van der Waals surface area contributed by atoms with Crippen LogP contribution in [0.15, 0.2) is 17.4 Å². The highest BCUT2D eigenvalue weighted by atomic mass is 16.1. The van der Waals surface area contributed by atoms with Crippen LogP contribution in [0.2, 0.25) is 0 Å². The highest BCUT2D eigenvalue weighted by molar-refractivity contribution is 5.32. The molecule has 0 radical (unpaired) electrons. The third-order valence-electron chi connectivity index (χ3n) is 1.65. The second kappa shape index (κ2) is 4.46. The van der Waals surface area contributed by atoms with Crippen LogP contribution in [-0.4, -0.2) is 22.2 Å². The Labute approximate surface area is 71.0 Å². The van der Waals surface area contributed by atoms with Crippen molar-refractivity contribution in [3.05, 3.63) is 18.2 Å². The zero-order valence-electron chi connectivity index (χ0n) is 7.03. The highest BCUT2D eigenvalue weighted by Gasteiger charge is 1.98. The number of aliphatic imine (C=N–C) groups is 1. The van der Waals surface area contributed by atoms with Crippen molar-refractivity contribution in [1.82, 2.24) is 9.55 Å². The van der Waals surface area contributed by atoms with Gasteiger partial charge in [-0.2, -0.15) is 0 Å². The number of hydrogen-bond acceptors (Lipinski definition) is 3. The topological polar surface area (TPSA) is 47.2 Å². The zero-order valence-corrected chi connectivity index (χ0v) is 7.03. The van der Waals surface area contributed by atoms with Gasteiger partial charge in [-0.3, -0.25) is 0 Å². The smallest absolute Gasteiger partial charge is 0.234 e. The third kappa shape index (κ3) is 2.04. The van der Waals surface area contributed by atoms with Gasteiger partial charge in [-0.15, -0.1) is 0 Å². The molecule has 0 fully saturated rings. The van der Waals surface area contributed by atoms with Gasteiger partial charge in [-0.1, -0.05) is 0 Å². The van der Waals surface area contributed by atoms with Crippen molar-refractivity contribution in [2.45, 2.75) is 19.9 Å². The van der Waals surface area contributed by atoms with Gasteiger partial charge in [0.05, 0.1) is 6.54 Å². The van der Waals surface area contributed by atoms with E-state index in [1.54, 1.807) is 6.20 Å². The average Bonchev–Trinajstić information content (AvgIpc) is 2.52. The Bertz CT molecular complexity index is 286. The van der Waals surface area contributed by atoms with E-state index >= 15 is 0 Å². The van der Waals surface area contributed by atoms with Crippen molar-refractivity contribution in [2.24, 2.45) is 4.99 Å². The molecule has 1 aromatic rings. The van der Waals surface area contributed by atoms with E-state index in [0.717, 1.165) is 12.4 Å². The van der Waals surface area contributed by atoms with E-state index in [0.29, 0.717) is 13.0 Å². The summed E-state index contributed by atoms with van der Waals surface area (Å²) in [5.41, 5.74) is 0. The van der Waals surface area contributed by atoms with Crippen LogP contribution in [0.25, 0.3) is 0 Å². The summed E-state index contributed by atoms with van der Waals surface area (Å²) in [4.78, 5) is 17.4. The molecule has 1 rings (SSSR count). The summed E-state index contributed by atoms with van der Waals surface area (Å²) in [6.07, 6.45) is 5.88. The van der Waals surface area contributed by atoms with Gasteiger partial charge in [0.2, 0.25) is 6.08 Å². The summed E-state index contributed by atoms with van der Waals surface area (Å²) in [5, 5.41) is 0. The Kier molecular flexibility index (Phi) is 3.23. The minimum atomic E-state index is 0.473. The summed E-state index contributed by atoms with van der Waals surface area (Å²) in [6.45, 7) is 3.43. The van der Waals surface area contributed by atoms with Crippen LogP contribution in [0, 0.1) is 0 Å². The number of nitrogens with zero attached hydrogens (tertiary/aromatic N) is 3. The second-order valence-electron chi connectivity index (χ2n) is 2.35. The van der Waals surface area contributed by atoms with Crippen molar-refractivity contribution in [1.29, 1.82) is 0 Å². The molecule has 0 spiro atoms. The fraction of sp³-hybridized carbons (Fsp3) is 0.500. The molecule has 0 saturated carbocycles. The Morgan fingerprint density at radius 2 is 2.58 bits per heavy atom. The fourth-order valence-electron chi connectivity index (χ4n) is 1.06. The van der Waals surface area contributed by atoms with Crippen LogP contribution in [0.5, 0.6) is 0 Å². The van der Waals surface area contributed by atoms with Gasteiger partial charge in [-0.05, 0) is 6.92 Å². The van der Waals surface area contributed by atoms with Crippen LogP contribution in [0.4, 0.5) is 0 Å². The number of hydrogen-bond donors (Lipinski definition) is 0. The first-order chi connectivity index (χ1) is 5.88. The number of carbonyl (C=O) groups excluding carboxylic acids is 1. The molecule has 0 saturated heterocycles. The molecule has 1 heterocycles. The minimum Gasteiger partial charge on any atom is -0.335 e. The van der Waals surface area contributed by atoms with Crippen molar-refractivity contribution in [3.63, 3.8) is 0 Å². The number of aromatic nitrogens is 2. The number of isocyanates is 1. The maximum atomic E-state index is 9.77. The van der Waals surface area contributed by atoms with Gasteiger partial charge >= 0.3 is 0 Å². The van der Waals surface area contributed by atoms with Crippen LogP contribution in [0.3, 0.4) is 0 Å². The molecule has 0 atom stereocenters. The van der Waals surface area contributed by atoms with E-state index in [1.807, 2.05) is 17.7 Å². The lowest BCUT2D eigenvalue weighted by molar-refractivity contribution is 0.562. The van der Waals surface area contributed by atoms with E-state index in [-0.39, 0.29) is 0 Å². The molecule has 0 aliphatic rings. The van der Waals surface area contributed by atoms with Gasteiger partial charge in [0, 0.05) is 25.4 Å². The van der Waals surface area contributed by atoms with Crippen LogP contribution >= 0.6 is 0 Å². The molecule has 4 heteroatoms. The molecule has 0 aliphatic heterocycles. The Morgan fingerprint density at radius 3 is 3.25 bits per heavy atom. The molecular formula is C8H11N3O. The predicted octanol–water partition coefficient (Wildman–Crippen LogP) is 0.781. The van der Waals surface area contributed by atoms with Crippen molar-refractivity contribution < 1.29 is 4.79 Å². The van der Waals surface area contributed by atoms with Gasteiger partial charge in [0.25, 0.3) is 0 Å². The molecule has 0 amide bonds. The fourth-order valence-corrected chi connectivity index (χ4v) is 1.06. The normalized spacial score (nSPS) is 9.42. The Morgan fingerprint density at radius 1 is 1.75 bits per heavy atom. The largest absolute Gasteiger partial charge is 0.335 e. The Hall–Kier alpha value is -1.41. The van der Waals surface area contributed by atoms with E-state index in [4.69, 9.17) is 0 Å². The molecule has 4 nitrogen and oxygen atoms in total. The molecular weight excluding hydrogens is 154 g/mol. The lowest BCUT2D eigenvalue weighted by atomic mass is 10.4. The maximum absolute atomic E-state index is 9.77. The number of rotatable bonds is 4. The van der Waals surface area contributed by atoms with Crippen molar-refractivity contribution >= 4 is 6.08 Å². The monoisotopic (exact) mass is 165 g/mol. The number of imidazole rings is 1. The SMILES string of the molecule is CCn1ccnc1CCN=C=O. The molecule has 0 aliphatic carbocycles. The number of aryl methyl sites for hydroxylation is 1. The van der Waals surface area contributed by atoms with E-state index in [9.17, 15) is 4.79 Å². The van der Waals surface area contributed by atoms with Crippen LogP contribution in [0.1, 0.15) is 12.7 Å². The van der Waals surface area contributed by atoms with Crippen LogP contribution < -0.4 is 0 Å². The summed E-state index contributed by atoms with van der Waals surface area (Å²) in [6, 6.07) is 0. The first kappa shape index (κ1) is 8.68. The molecule has 0 bridgehead atoms. The lowest BCUT2D eigenvalue weighted by Crippen LogP contribution is -2.02. The van der Waals surface area contributed by atoms with Crippen LogP contribution in [-0.2, 0) is 17.8 Å². The zero-order chi connectivity index (χ0) is 8.81. The van der Waals surface area contributed by atoms with E-state index in [1.165, 1.54) is 6.08 Å². The molecule has 12 heavy (non-hydrogen) atoms. The molecule has 64 valence electrons. The van der Waals surface area contributed by atoms with Crippen molar-refractivity contribution in [2.75, 3.05) is 6.54 Å².